The summed E-state index contributed by atoms with van der Waals surface area (Å²) in [7, 11) is 0. The van der Waals surface area contributed by atoms with Gasteiger partial charge >= 0.3 is 0 Å². The lowest BCUT2D eigenvalue weighted by molar-refractivity contribution is 0.472. The summed E-state index contributed by atoms with van der Waals surface area (Å²) in [5.41, 5.74) is 2.28. The molecule has 4 nitrogen and oxygen atoms in total. The Morgan fingerprint density at radius 1 is 1.00 bits per heavy atom. The maximum Gasteiger partial charge on any atom is 0.139 e. The highest BCUT2D eigenvalue weighted by Crippen LogP contribution is 2.33. The second-order valence-corrected chi connectivity index (χ2v) is 7.13. The number of phenolic OH excluding ortho intramolecular Hbond substituents is 1. The molecule has 5 heteroatoms. The van der Waals surface area contributed by atoms with Crippen LogP contribution >= 0.6 is 15.9 Å². The van der Waals surface area contributed by atoms with Crippen LogP contribution in [0.25, 0.3) is 10.9 Å². The molecule has 0 saturated carbocycles. The number of anilines is 1. The Kier molecular flexibility index (Phi) is 4.10. The lowest BCUT2D eigenvalue weighted by atomic mass is 9.89. The first-order valence-electron chi connectivity index (χ1n) is 8.15. The van der Waals surface area contributed by atoms with Crippen molar-refractivity contribution in [2.75, 3.05) is 18.0 Å². The van der Waals surface area contributed by atoms with Gasteiger partial charge in [-0.25, -0.2) is 9.97 Å². The molecule has 0 unspecified atom stereocenters. The summed E-state index contributed by atoms with van der Waals surface area (Å²) >= 11 is 3.54. The summed E-state index contributed by atoms with van der Waals surface area (Å²) in [5, 5.41) is 10.5. The Balaban J connectivity index is 1.56. The van der Waals surface area contributed by atoms with E-state index in [2.05, 4.69) is 36.9 Å². The van der Waals surface area contributed by atoms with Crippen molar-refractivity contribution in [1.29, 1.82) is 0 Å². The summed E-state index contributed by atoms with van der Waals surface area (Å²) in [4.78, 5) is 11.3. The molecule has 0 spiro atoms. The largest absolute Gasteiger partial charge is 0.508 e. The molecule has 2 heterocycles. The lowest BCUT2D eigenvalue weighted by Crippen LogP contribution is -2.33. The van der Waals surface area contributed by atoms with Crippen molar-refractivity contribution in [3.63, 3.8) is 0 Å². The van der Waals surface area contributed by atoms with Crippen LogP contribution in [-0.2, 0) is 0 Å². The normalized spacial score (nSPS) is 15.8. The fraction of sp³-hybridized carbons (Fsp3) is 0.263. The number of hydrogen-bond acceptors (Lipinski definition) is 4. The molecule has 1 fully saturated rings. The quantitative estimate of drug-likeness (QED) is 0.708. The maximum absolute atomic E-state index is 9.44. The predicted octanol–water partition coefficient (Wildman–Crippen LogP) is 4.48. The number of piperidine rings is 1. The third kappa shape index (κ3) is 2.96. The van der Waals surface area contributed by atoms with Crippen LogP contribution in [-0.4, -0.2) is 28.2 Å². The van der Waals surface area contributed by atoms with Crippen LogP contribution in [0.5, 0.6) is 5.75 Å². The Morgan fingerprint density at radius 3 is 2.50 bits per heavy atom. The van der Waals surface area contributed by atoms with Crippen molar-refractivity contribution in [2.24, 2.45) is 0 Å². The van der Waals surface area contributed by atoms with Gasteiger partial charge in [0.1, 0.15) is 17.9 Å². The predicted molar refractivity (Wildman–Crippen MR) is 99.5 cm³/mol. The van der Waals surface area contributed by atoms with E-state index in [4.69, 9.17) is 0 Å². The van der Waals surface area contributed by atoms with Crippen molar-refractivity contribution in [2.45, 2.75) is 18.8 Å². The molecule has 0 radical (unpaired) electrons. The number of hydrogen-bond donors (Lipinski definition) is 1. The number of rotatable bonds is 2. The molecule has 1 aliphatic heterocycles. The summed E-state index contributed by atoms with van der Waals surface area (Å²) < 4.78 is 1.05. The standard InChI is InChI=1S/C19H18BrN3O/c20-15-3-6-18-17(11-15)19(22-12-21-18)23-9-7-14(8-10-23)13-1-4-16(24)5-2-13/h1-6,11-12,14,24H,7-10H2. The first-order chi connectivity index (χ1) is 11.7. The fourth-order valence-corrected chi connectivity index (χ4v) is 3.80. The van der Waals surface area contributed by atoms with Gasteiger partial charge in [0.15, 0.2) is 0 Å². The third-order valence-electron chi connectivity index (χ3n) is 4.74. The van der Waals surface area contributed by atoms with Crippen molar-refractivity contribution in [3.8, 4) is 5.75 Å². The van der Waals surface area contributed by atoms with Crippen LogP contribution in [0.2, 0.25) is 0 Å². The Morgan fingerprint density at radius 2 is 1.75 bits per heavy atom. The van der Waals surface area contributed by atoms with Crippen LogP contribution < -0.4 is 4.90 Å². The van der Waals surface area contributed by atoms with Crippen LogP contribution in [0, 0.1) is 0 Å². The molecule has 1 aliphatic rings. The highest BCUT2D eigenvalue weighted by atomic mass is 79.9. The van der Waals surface area contributed by atoms with Crippen molar-refractivity contribution in [1.82, 2.24) is 9.97 Å². The number of nitrogens with zero attached hydrogens (tertiary/aromatic N) is 3. The zero-order chi connectivity index (χ0) is 16.5. The zero-order valence-electron chi connectivity index (χ0n) is 13.2. The molecule has 0 aliphatic carbocycles. The minimum absolute atomic E-state index is 0.328. The number of aromatic nitrogens is 2. The Hall–Kier alpha value is -2.14. The zero-order valence-corrected chi connectivity index (χ0v) is 14.8. The molecule has 3 aromatic rings. The topological polar surface area (TPSA) is 49.2 Å². The average molecular weight is 384 g/mol. The third-order valence-corrected chi connectivity index (χ3v) is 5.23. The minimum atomic E-state index is 0.328. The number of aromatic hydroxyl groups is 1. The van der Waals surface area contributed by atoms with Gasteiger partial charge in [-0.15, -0.1) is 0 Å². The molecule has 2 aromatic carbocycles. The van der Waals surface area contributed by atoms with E-state index in [1.54, 1.807) is 18.5 Å². The van der Waals surface area contributed by atoms with Gasteiger partial charge < -0.3 is 10.0 Å². The molecule has 1 aromatic heterocycles. The molecule has 4 rings (SSSR count). The second kappa shape index (κ2) is 6.40. The van der Waals surface area contributed by atoms with Gasteiger partial charge in [-0.3, -0.25) is 0 Å². The molecule has 0 bridgehead atoms. The number of fused-ring (bicyclic) bond motifs is 1. The molecular weight excluding hydrogens is 366 g/mol. The van der Waals surface area contributed by atoms with E-state index in [1.807, 2.05) is 24.3 Å². The highest BCUT2D eigenvalue weighted by Gasteiger charge is 2.22. The average Bonchev–Trinajstić information content (AvgIpc) is 2.62. The van der Waals surface area contributed by atoms with Crippen LogP contribution in [0.15, 0.2) is 53.3 Å². The first kappa shape index (κ1) is 15.4. The Labute approximate surface area is 149 Å². The van der Waals surface area contributed by atoms with Crippen molar-refractivity contribution < 1.29 is 5.11 Å². The molecule has 122 valence electrons. The van der Waals surface area contributed by atoms with E-state index in [-0.39, 0.29) is 0 Å². The van der Waals surface area contributed by atoms with Gasteiger partial charge in [-0.2, -0.15) is 0 Å². The highest BCUT2D eigenvalue weighted by molar-refractivity contribution is 9.10. The van der Waals surface area contributed by atoms with Crippen molar-refractivity contribution >= 4 is 32.7 Å². The number of phenols is 1. The minimum Gasteiger partial charge on any atom is -0.508 e. The van der Waals surface area contributed by atoms with E-state index in [9.17, 15) is 5.11 Å². The summed E-state index contributed by atoms with van der Waals surface area (Å²) in [5.74, 6) is 1.89. The second-order valence-electron chi connectivity index (χ2n) is 6.21. The molecule has 0 atom stereocenters. The summed E-state index contributed by atoms with van der Waals surface area (Å²) in [6.07, 6.45) is 3.83. The molecule has 1 saturated heterocycles. The van der Waals surface area contributed by atoms with E-state index < -0.39 is 0 Å². The monoisotopic (exact) mass is 383 g/mol. The van der Waals surface area contributed by atoms with E-state index in [1.165, 1.54) is 5.56 Å². The van der Waals surface area contributed by atoms with E-state index in [0.717, 1.165) is 47.1 Å². The summed E-state index contributed by atoms with van der Waals surface area (Å²) in [6, 6.07) is 13.7. The molecular formula is C19H18BrN3O. The molecule has 24 heavy (non-hydrogen) atoms. The van der Waals surface area contributed by atoms with Crippen LogP contribution in [0.3, 0.4) is 0 Å². The first-order valence-corrected chi connectivity index (χ1v) is 8.94. The number of benzene rings is 2. The van der Waals surface area contributed by atoms with Crippen LogP contribution in [0.1, 0.15) is 24.3 Å². The van der Waals surface area contributed by atoms with Gasteiger partial charge in [-0.1, -0.05) is 28.1 Å². The van der Waals surface area contributed by atoms with E-state index in [0.29, 0.717) is 11.7 Å². The fourth-order valence-electron chi connectivity index (χ4n) is 3.44. The van der Waals surface area contributed by atoms with E-state index >= 15 is 0 Å². The van der Waals surface area contributed by atoms with Gasteiger partial charge in [0.2, 0.25) is 0 Å². The van der Waals surface area contributed by atoms with Crippen LogP contribution in [0.4, 0.5) is 5.82 Å². The maximum atomic E-state index is 9.44. The Bertz CT molecular complexity index is 858. The lowest BCUT2D eigenvalue weighted by Gasteiger charge is -2.33. The smallest absolute Gasteiger partial charge is 0.139 e. The summed E-state index contributed by atoms with van der Waals surface area (Å²) in [6.45, 7) is 1.95. The SMILES string of the molecule is Oc1ccc(C2CCN(c3ncnc4ccc(Br)cc34)CC2)cc1. The molecule has 1 N–H and O–H groups in total. The number of halogens is 1. The van der Waals surface area contributed by atoms with Gasteiger partial charge in [0.05, 0.1) is 5.52 Å². The molecule has 0 amide bonds. The van der Waals surface area contributed by atoms with Gasteiger partial charge in [0, 0.05) is 22.9 Å². The van der Waals surface area contributed by atoms with Gasteiger partial charge in [0.25, 0.3) is 0 Å². The van der Waals surface area contributed by atoms with Crippen molar-refractivity contribution in [3.05, 3.63) is 58.8 Å². The van der Waals surface area contributed by atoms with Gasteiger partial charge in [-0.05, 0) is 54.7 Å².